The molecule has 21 heavy (non-hydrogen) atoms. The van der Waals surface area contributed by atoms with Crippen molar-refractivity contribution in [2.24, 2.45) is 0 Å². The molecule has 0 aliphatic heterocycles. The van der Waals surface area contributed by atoms with E-state index in [1.807, 2.05) is 37.3 Å². The van der Waals surface area contributed by atoms with Crippen LogP contribution >= 0.6 is 0 Å². The van der Waals surface area contributed by atoms with Crippen molar-refractivity contribution in [3.8, 4) is 0 Å². The maximum Gasteiger partial charge on any atom is 0.243 e. The first-order valence-corrected chi connectivity index (χ1v) is 8.17. The normalized spacial score (nSPS) is 13.3. The number of benzene rings is 2. The van der Waals surface area contributed by atoms with Crippen LogP contribution in [0.15, 0.2) is 53.4 Å². The van der Waals surface area contributed by atoms with Crippen LogP contribution in [0, 0.1) is 6.92 Å². The number of aryl methyl sites for hydroxylation is 1. The molecule has 0 heterocycles. The van der Waals surface area contributed by atoms with Gasteiger partial charge in [0.1, 0.15) is 0 Å². The van der Waals surface area contributed by atoms with Crippen molar-refractivity contribution in [1.82, 2.24) is 4.31 Å². The molecule has 0 amide bonds. The van der Waals surface area contributed by atoms with E-state index in [2.05, 4.69) is 0 Å². The Labute approximate surface area is 126 Å². The van der Waals surface area contributed by atoms with Gasteiger partial charge in [-0.25, -0.2) is 8.42 Å². The quantitative estimate of drug-likeness (QED) is 0.883. The first-order chi connectivity index (χ1) is 9.84. The molecule has 2 rings (SSSR count). The molecule has 2 aromatic rings. The van der Waals surface area contributed by atoms with Gasteiger partial charge < -0.3 is 5.73 Å². The zero-order valence-electron chi connectivity index (χ0n) is 12.4. The Morgan fingerprint density at radius 2 is 1.71 bits per heavy atom. The van der Waals surface area contributed by atoms with E-state index in [4.69, 9.17) is 5.73 Å². The van der Waals surface area contributed by atoms with Crippen LogP contribution in [0.3, 0.4) is 0 Å². The predicted octanol–water partition coefficient (Wildman–Crippen LogP) is 2.96. The Balaban J connectivity index is 2.41. The number of nitrogens with zero attached hydrogens (tertiary/aromatic N) is 1. The molecule has 0 fully saturated rings. The molecule has 2 aromatic carbocycles. The second-order valence-corrected chi connectivity index (χ2v) is 7.10. The summed E-state index contributed by atoms with van der Waals surface area (Å²) >= 11 is 0. The molecule has 0 radical (unpaired) electrons. The largest absolute Gasteiger partial charge is 0.399 e. The highest BCUT2D eigenvalue weighted by molar-refractivity contribution is 7.89. The molecular weight excluding hydrogens is 284 g/mol. The summed E-state index contributed by atoms with van der Waals surface area (Å²) in [5, 5.41) is 0. The minimum atomic E-state index is -3.59. The average Bonchev–Trinajstić information content (AvgIpc) is 2.49. The van der Waals surface area contributed by atoms with Crippen LogP contribution in [0.5, 0.6) is 0 Å². The minimum absolute atomic E-state index is 0.253. The molecule has 0 aliphatic carbocycles. The van der Waals surface area contributed by atoms with Gasteiger partial charge in [-0.05, 0) is 37.1 Å². The third kappa shape index (κ3) is 3.09. The van der Waals surface area contributed by atoms with Gasteiger partial charge in [-0.3, -0.25) is 0 Å². The average molecular weight is 304 g/mol. The number of nitrogen functional groups attached to an aromatic ring is 1. The van der Waals surface area contributed by atoms with Crippen molar-refractivity contribution >= 4 is 15.7 Å². The lowest BCUT2D eigenvalue weighted by Gasteiger charge is -2.25. The molecule has 0 aliphatic rings. The fourth-order valence-electron chi connectivity index (χ4n) is 2.20. The van der Waals surface area contributed by atoms with E-state index in [1.165, 1.54) is 10.4 Å². The summed E-state index contributed by atoms with van der Waals surface area (Å²) in [5.74, 6) is 0. The van der Waals surface area contributed by atoms with Gasteiger partial charge in [0.2, 0.25) is 10.0 Å². The Morgan fingerprint density at radius 1 is 1.10 bits per heavy atom. The van der Waals surface area contributed by atoms with Gasteiger partial charge >= 0.3 is 0 Å². The van der Waals surface area contributed by atoms with Crippen molar-refractivity contribution < 1.29 is 8.42 Å². The summed E-state index contributed by atoms with van der Waals surface area (Å²) in [6, 6.07) is 14.2. The van der Waals surface area contributed by atoms with E-state index >= 15 is 0 Å². The number of nitrogens with two attached hydrogens (primary N) is 1. The van der Waals surface area contributed by atoms with E-state index in [-0.39, 0.29) is 10.9 Å². The Kier molecular flexibility index (Phi) is 4.34. The SMILES string of the molecule is Cc1ccc(N)cc1S(=O)(=O)N(C)C(C)c1ccccc1. The second kappa shape index (κ2) is 5.87. The van der Waals surface area contributed by atoms with Gasteiger partial charge in [0.15, 0.2) is 0 Å². The lowest BCUT2D eigenvalue weighted by atomic mass is 10.1. The van der Waals surface area contributed by atoms with Crippen molar-refractivity contribution in [1.29, 1.82) is 0 Å². The molecule has 0 saturated heterocycles. The van der Waals surface area contributed by atoms with Gasteiger partial charge in [-0.1, -0.05) is 36.4 Å². The molecule has 1 atom stereocenters. The molecule has 0 aromatic heterocycles. The number of hydrogen-bond donors (Lipinski definition) is 1. The first-order valence-electron chi connectivity index (χ1n) is 6.73. The summed E-state index contributed by atoms with van der Waals surface area (Å²) in [6.45, 7) is 3.64. The smallest absolute Gasteiger partial charge is 0.243 e. The second-order valence-electron chi connectivity index (χ2n) is 5.13. The standard InChI is InChI=1S/C16H20N2O2S/c1-12-9-10-15(17)11-16(12)21(19,20)18(3)13(2)14-7-5-4-6-8-14/h4-11,13H,17H2,1-3H3. The van der Waals surface area contributed by atoms with E-state index in [1.54, 1.807) is 26.1 Å². The molecule has 2 N–H and O–H groups in total. The number of anilines is 1. The maximum atomic E-state index is 12.8. The lowest BCUT2D eigenvalue weighted by molar-refractivity contribution is 0.398. The lowest BCUT2D eigenvalue weighted by Crippen LogP contribution is -2.30. The molecule has 0 spiro atoms. The summed E-state index contributed by atoms with van der Waals surface area (Å²) in [5.41, 5.74) is 7.81. The molecule has 0 bridgehead atoms. The minimum Gasteiger partial charge on any atom is -0.399 e. The van der Waals surface area contributed by atoms with Gasteiger partial charge in [0, 0.05) is 18.8 Å². The number of hydrogen-bond acceptors (Lipinski definition) is 3. The Hall–Kier alpha value is -1.85. The zero-order chi connectivity index (χ0) is 15.6. The molecule has 112 valence electrons. The van der Waals surface area contributed by atoms with Crippen molar-refractivity contribution in [3.63, 3.8) is 0 Å². The summed E-state index contributed by atoms with van der Waals surface area (Å²) < 4.78 is 27.0. The Bertz CT molecular complexity index is 727. The van der Waals surface area contributed by atoms with Crippen LogP contribution in [-0.2, 0) is 10.0 Å². The van der Waals surface area contributed by atoms with Gasteiger partial charge in [-0.15, -0.1) is 0 Å². The Morgan fingerprint density at radius 3 is 2.33 bits per heavy atom. The van der Waals surface area contributed by atoms with Crippen molar-refractivity contribution in [3.05, 3.63) is 59.7 Å². The monoisotopic (exact) mass is 304 g/mol. The van der Waals surface area contributed by atoms with Crippen LogP contribution in [0.4, 0.5) is 5.69 Å². The first kappa shape index (κ1) is 15.5. The zero-order valence-corrected chi connectivity index (χ0v) is 13.3. The van der Waals surface area contributed by atoms with Crippen LogP contribution in [0.1, 0.15) is 24.1 Å². The predicted molar refractivity (Wildman–Crippen MR) is 85.4 cm³/mol. The van der Waals surface area contributed by atoms with E-state index < -0.39 is 10.0 Å². The van der Waals surface area contributed by atoms with Gasteiger partial charge in [0.05, 0.1) is 4.90 Å². The fourth-order valence-corrected chi connectivity index (χ4v) is 3.81. The highest BCUT2D eigenvalue weighted by atomic mass is 32.2. The highest BCUT2D eigenvalue weighted by Crippen LogP contribution is 2.28. The third-order valence-electron chi connectivity index (χ3n) is 3.70. The van der Waals surface area contributed by atoms with Crippen LogP contribution < -0.4 is 5.73 Å². The third-order valence-corrected chi connectivity index (χ3v) is 5.77. The molecule has 4 nitrogen and oxygen atoms in total. The van der Waals surface area contributed by atoms with E-state index in [9.17, 15) is 8.42 Å². The van der Waals surface area contributed by atoms with Crippen LogP contribution in [-0.4, -0.2) is 19.8 Å². The van der Waals surface area contributed by atoms with E-state index in [0.717, 1.165) is 5.56 Å². The fraction of sp³-hybridized carbons (Fsp3) is 0.250. The van der Waals surface area contributed by atoms with Crippen LogP contribution in [0.2, 0.25) is 0 Å². The number of rotatable bonds is 4. The molecule has 5 heteroatoms. The maximum absolute atomic E-state index is 12.8. The summed E-state index contributed by atoms with van der Waals surface area (Å²) in [6.07, 6.45) is 0. The van der Waals surface area contributed by atoms with E-state index in [0.29, 0.717) is 11.3 Å². The molecular formula is C16H20N2O2S. The summed E-state index contributed by atoms with van der Waals surface area (Å²) in [4.78, 5) is 0.257. The topological polar surface area (TPSA) is 63.4 Å². The number of sulfonamides is 1. The van der Waals surface area contributed by atoms with Gasteiger partial charge in [-0.2, -0.15) is 4.31 Å². The van der Waals surface area contributed by atoms with Crippen molar-refractivity contribution in [2.45, 2.75) is 24.8 Å². The molecule has 0 saturated carbocycles. The molecule has 1 unspecified atom stereocenters. The van der Waals surface area contributed by atoms with Crippen LogP contribution in [0.25, 0.3) is 0 Å². The van der Waals surface area contributed by atoms with Crippen molar-refractivity contribution in [2.75, 3.05) is 12.8 Å². The van der Waals surface area contributed by atoms with Gasteiger partial charge in [0.25, 0.3) is 0 Å². The highest BCUT2D eigenvalue weighted by Gasteiger charge is 2.27. The summed E-state index contributed by atoms with van der Waals surface area (Å²) in [7, 11) is -1.99.